The Bertz CT molecular complexity index is 425. The normalized spacial score (nSPS) is 19.4. The summed E-state index contributed by atoms with van der Waals surface area (Å²) in [5.74, 6) is -1.43. The van der Waals surface area contributed by atoms with Crippen LogP contribution >= 0.6 is 0 Å². The lowest BCUT2D eigenvalue weighted by atomic mass is 9.88. The van der Waals surface area contributed by atoms with E-state index in [1.54, 1.807) is 13.8 Å². The minimum Gasteiger partial charge on any atom is -0.386 e. The van der Waals surface area contributed by atoms with Crippen LogP contribution in [0.4, 0.5) is 8.78 Å². The Balaban J connectivity index is 2.28. The maximum absolute atomic E-state index is 13.8. The molecule has 2 rings (SSSR count). The molecule has 1 aromatic rings. The van der Waals surface area contributed by atoms with Crippen molar-refractivity contribution in [1.29, 1.82) is 0 Å². The number of hydrogen-bond acceptors (Lipinski definition) is 3. The van der Waals surface area contributed by atoms with Crippen LogP contribution in [-0.4, -0.2) is 41.8 Å². The Labute approximate surface area is 111 Å². The molecule has 1 N–H and O–H groups in total. The highest BCUT2D eigenvalue weighted by molar-refractivity contribution is 5.24. The second-order valence-corrected chi connectivity index (χ2v) is 5.29. The van der Waals surface area contributed by atoms with Crippen molar-refractivity contribution < 1.29 is 18.6 Å². The molecule has 1 aromatic carbocycles. The SMILES string of the molecule is CC(C)(C(O)c1c(F)cccc1F)N1CCOCC1. The summed E-state index contributed by atoms with van der Waals surface area (Å²) in [6, 6.07) is 3.62. The molecule has 0 saturated carbocycles. The largest absolute Gasteiger partial charge is 0.386 e. The average Bonchev–Trinajstić information content (AvgIpc) is 2.39. The fraction of sp³-hybridized carbons (Fsp3) is 0.571. The molecule has 1 aliphatic rings. The van der Waals surface area contributed by atoms with Crippen molar-refractivity contribution in [3.8, 4) is 0 Å². The van der Waals surface area contributed by atoms with Gasteiger partial charge in [0.15, 0.2) is 0 Å². The van der Waals surface area contributed by atoms with Crippen LogP contribution in [0.2, 0.25) is 0 Å². The first-order chi connectivity index (χ1) is 8.94. The molecule has 1 aliphatic heterocycles. The third kappa shape index (κ3) is 2.78. The fourth-order valence-electron chi connectivity index (χ4n) is 2.44. The highest BCUT2D eigenvalue weighted by atomic mass is 19.1. The summed E-state index contributed by atoms with van der Waals surface area (Å²) in [4.78, 5) is 1.99. The van der Waals surface area contributed by atoms with E-state index < -0.39 is 23.3 Å². The molecule has 1 saturated heterocycles. The van der Waals surface area contributed by atoms with E-state index in [0.717, 1.165) is 12.1 Å². The standard InChI is InChI=1S/C14H19F2NO2/c1-14(2,17-6-8-19-9-7-17)13(18)12-10(15)4-3-5-11(12)16/h3-5,13,18H,6-9H2,1-2H3. The number of aliphatic hydroxyl groups is 1. The summed E-state index contributed by atoms with van der Waals surface area (Å²) in [5, 5.41) is 10.4. The average molecular weight is 271 g/mol. The van der Waals surface area contributed by atoms with Gasteiger partial charge in [-0.15, -0.1) is 0 Å². The highest BCUT2D eigenvalue weighted by Crippen LogP contribution is 2.34. The van der Waals surface area contributed by atoms with Gasteiger partial charge in [0.05, 0.1) is 18.8 Å². The number of benzene rings is 1. The topological polar surface area (TPSA) is 32.7 Å². The van der Waals surface area contributed by atoms with Gasteiger partial charge in [0.2, 0.25) is 0 Å². The lowest BCUT2D eigenvalue weighted by Gasteiger charge is -2.43. The van der Waals surface area contributed by atoms with E-state index in [2.05, 4.69) is 0 Å². The lowest BCUT2D eigenvalue weighted by molar-refractivity contribution is -0.0649. The summed E-state index contributed by atoms with van der Waals surface area (Å²) in [6.07, 6.45) is -1.23. The number of nitrogens with zero attached hydrogens (tertiary/aromatic N) is 1. The number of halogens is 2. The second-order valence-electron chi connectivity index (χ2n) is 5.29. The third-order valence-electron chi connectivity index (χ3n) is 3.77. The first kappa shape index (κ1) is 14.4. The second kappa shape index (κ2) is 5.53. The Kier molecular flexibility index (Phi) is 4.18. The molecule has 0 bridgehead atoms. The molecule has 19 heavy (non-hydrogen) atoms. The Hall–Kier alpha value is -1.04. The van der Waals surface area contributed by atoms with Gasteiger partial charge < -0.3 is 9.84 Å². The summed E-state index contributed by atoms with van der Waals surface area (Å²) < 4.78 is 32.8. The first-order valence-corrected chi connectivity index (χ1v) is 6.39. The zero-order valence-corrected chi connectivity index (χ0v) is 11.2. The first-order valence-electron chi connectivity index (χ1n) is 6.39. The number of hydrogen-bond donors (Lipinski definition) is 1. The number of morpholine rings is 1. The smallest absolute Gasteiger partial charge is 0.132 e. The maximum Gasteiger partial charge on any atom is 0.132 e. The molecule has 3 nitrogen and oxygen atoms in total. The van der Waals surface area contributed by atoms with Gasteiger partial charge in [-0.1, -0.05) is 6.07 Å². The van der Waals surface area contributed by atoms with Crippen LogP contribution in [0.1, 0.15) is 25.5 Å². The zero-order chi connectivity index (χ0) is 14.0. The summed E-state index contributed by atoms with van der Waals surface area (Å²) in [7, 11) is 0. The Morgan fingerprint density at radius 3 is 2.26 bits per heavy atom. The van der Waals surface area contributed by atoms with Gasteiger partial charge in [-0.05, 0) is 26.0 Å². The minimum absolute atomic E-state index is 0.265. The molecule has 0 aliphatic carbocycles. The van der Waals surface area contributed by atoms with E-state index in [0.29, 0.717) is 26.3 Å². The van der Waals surface area contributed by atoms with Crippen LogP contribution in [0.25, 0.3) is 0 Å². The monoisotopic (exact) mass is 271 g/mol. The van der Waals surface area contributed by atoms with Crippen LogP contribution in [0.5, 0.6) is 0 Å². The van der Waals surface area contributed by atoms with Crippen LogP contribution in [0.15, 0.2) is 18.2 Å². The van der Waals surface area contributed by atoms with Crippen molar-refractivity contribution in [2.75, 3.05) is 26.3 Å². The van der Waals surface area contributed by atoms with Gasteiger partial charge in [0.25, 0.3) is 0 Å². The van der Waals surface area contributed by atoms with E-state index in [9.17, 15) is 13.9 Å². The van der Waals surface area contributed by atoms with E-state index in [1.165, 1.54) is 6.07 Å². The Morgan fingerprint density at radius 1 is 1.21 bits per heavy atom. The van der Waals surface area contributed by atoms with E-state index in [1.807, 2.05) is 4.90 Å². The molecule has 1 fully saturated rings. The molecule has 1 unspecified atom stereocenters. The quantitative estimate of drug-likeness (QED) is 0.914. The van der Waals surface area contributed by atoms with Gasteiger partial charge in [0.1, 0.15) is 17.7 Å². The van der Waals surface area contributed by atoms with Gasteiger partial charge in [-0.25, -0.2) is 8.78 Å². The minimum atomic E-state index is -1.23. The highest BCUT2D eigenvalue weighted by Gasteiger charge is 2.38. The predicted molar refractivity (Wildman–Crippen MR) is 67.8 cm³/mol. The number of aliphatic hydroxyl groups excluding tert-OH is 1. The summed E-state index contributed by atoms with van der Waals surface area (Å²) in [6.45, 7) is 5.98. The maximum atomic E-state index is 13.8. The van der Waals surface area contributed by atoms with Crippen molar-refractivity contribution in [3.63, 3.8) is 0 Å². The lowest BCUT2D eigenvalue weighted by Crippen LogP contribution is -2.53. The van der Waals surface area contributed by atoms with E-state index in [-0.39, 0.29) is 5.56 Å². The van der Waals surface area contributed by atoms with E-state index in [4.69, 9.17) is 4.74 Å². The summed E-state index contributed by atoms with van der Waals surface area (Å²) in [5.41, 5.74) is -1.02. The molecule has 1 heterocycles. The van der Waals surface area contributed by atoms with Crippen LogP contribution in [0, 0.1) is 11.6 Å². The molecule has 106 valence electrons. The molecular formula is C14H19F2NO2. The van der Waals surface area contributed by atoms with Crippen molar-refractivity contribution in [2.24, 2.45) is 0 Å². The van der Waals surface area contributed by atoms with Crippen molar-refractivity contribution in [3.05, 3.63) is 35.4 Å². The summed E-state index contributed by atoms with van der Waals surface area (Å²) >= 11 is 0. The molecule has 5 heteroatoms. The van der Waals surface area contributed by atoms with Gasteiger partial charge in [-0.3, -0.25) is 4.90 Å². The van der Waals surface area contributed by atoms with Crippen LogP contribution in [-0.2, 0) is 4.74 Å². The van der Waals surface area contributed by atoms with Gasteiger partial charge in [0, 0.05) is 18.6 Å². The number of rotatable bonds is 3. The van der Waals surface area contributed by atoms with Crippen LogP contribution in [0.3, 0.4) is 0 Å². The third-order valence-corrected chi connectivity index (χ3v) is 3.77. The van der Waals surface area contributed by atoms with Crippen LogP contribution < -0.4 is 0 Å². The molecule has 0 radical (unpaired) electrons. The molecule has 1 atom stereocenters. The van der Waals surface area contributed by atoms with Crippen molar-refractivity contribution in [2.45, 2.75) is 25.5 Å². The Morgan fingerprint density at radius 2 is 1.74 bits per heavy atom. The van der Waals surface area contributed by atoms with Gasteiger partial charge >= 0.3 is 0 Å². The fourth-order valence-corrected chi connectivity index (χ4v) is 2.44. The van der Waals surface area contributed by atoms with Gasteiger partial charge in [-0.2, -0.15) is 0 Å². The molecule has 0 aromatic heterocycles. The van der Waals surface area contributed by atoms with Crippen molar-refractivity contribution >= 4 is 0 Å². The number of ether oxygens (including phenoxy) is 1. The molecule has 0 spiro atoms. The zero-order valence-electron chi connectivity index (χ0n) is 11.2. The van der Waals surface area contributed by atoms with E-state index >= 15 is 0 Å². The molecule has 0 amide bonds. The predicted octanol–water partition coefficient (Wildman–Crippen LogP) is 2.11. The molecular weight excluding hydrogens is 252 g/mol. The van der Waals surface area contributed by atoms with Crippen molar-refractivity contribution in [1.82, 2.24) is 4.90 Å².